The number of ether oxygens (including phenoxy) is 1. The van der Waals surface area contributed by atoms with Crippen LogP contribution in [0.1, 0.15) is 38.5 Å². The summed E-state index contributed by atoms with van der Waals surface area (Å²) in [7, 11) is 1.72. The highest BCUT2D eigenvalue weighted by Gasteiger charge is 2.47. The van der Waals surface area contributed by atoms with Crippen molar-refractivity contribution in [2.75, 3.05) is 33.4 Å². The SMILES string of the molecule is COCCC1(CN2CCC(=O)N3CCCC3C2=O)CC1. The molecule has 0 bridgehead atoms. The van der Waals surface area contributed by atoms with E-state index < -0.39 is 0 Å². The fourth-order valence-electron chi connectivity index (χ4n) is 3.56. The molecule has 20 heavy (non-hydrogen) atoms. The van der Waals surface area contributed by atoms with E-state index in [0.29, 0.717) is 13.0 Å². The summed E-state index contributed by atoms with van der Waals surface area (Å²) >= 11 is 0. The van der Waals surface area contributed by atoms with Crippen molar-refractivity contribution in [2.24, 2.45) is 5.41 Å². The van der Waals surface area contributed by atoms with Crippen LogP contribution in [0.2, 0.25) is 0 Å². The third-order valence-corrected chi connectivity index (χ3v) is 5.09. The van der Waals surface area contributed by atoms with Crippen LogP contribution in [0.5, 0.6) is 0 Å². The first-order chi connectivity index (χ1) is 9.65. The fourth-order valence-corrected chi connectivity index (χ4v) is 3.56. The summed E-state index contributed by atoms with van der Waals surface area (Å²) in [6.45, 7) is 2.93. The smallest absolute Gasteiger partial charge is 0.245 e. The molecule has 0 radical (unpaired) electrons. The van der Waals surface area contributed by atoms with Gasteiger partial charge in [-0.15, -0.1) is 0 Å². The molecule has 0 spiro atoms. The van der Waals surface area contributed by atoms with Crippen molar-refractivity contribution >= 4 is 11.8 Å². The molecule has 1 saturated carbocycles. The van der Waals surface area contributed by atoms with Gasteiger partial charge in [-0.3, -0.25) is 9.59 Å². The highest BCUT2D eigenvalue weighted by Crippen LogP contribution is 2.49. The summed E-state index contributed by atoms with van der Waals surface area (Å²) in [6, 6.07) is -0.178. The van der Waals surface area contributed by atoms with Gasteiger partial charge in [-0.1, -0.05) is 0 Å². The van der Waals surface area contributed by atoms with Crippen LogP contribution in [0.4, 0.5) is 0 Å². The van der Waals surface area contributed by atoms with Crippen LogP contribution in [0, 0.1) is 5.41 Å². The molecule has 1 unspecified atom stereocenters. The molecule has 3 aliphatic rings. The number of hydrogen-bond donors (Lipinski definition) is 0. The van der Waals surface area contributed by atoms with E-state index in [4.69, 9.17) is 4.74 Å². The molecule has 0 aromatic carbocycles. The van der Waals surface area contributed by atoms with E-state index in [9.17, 15) is 9.59 Å². The predicted octanol–water partition coefficient (Wildman–Crippen LogP) is 1.03. The maximum atomic E-state index is 12.7. The number of carbonyl (C=O) groups excluding carboxylic acids is 2. The average Bonchev–Trinajstić information content (AvgIpc) is 3.05. The highest BCUT2D eigenvalue weighted by atomic mass is 16.5. The van der Waals surface area contributed by atoms with Crippen LogP contribution in [0.25, 0.3) is 0 Å². The maximum Gasteiger partial charge on any atom is 0.245 e. The van der Waals surface area contributed by atoms with Crippen LogP contribution in [0.3, 0.4) is 0 Å². The zero-order chi connectivity index (χ0) is 14.2. The Kier molecular flexibility index (Phi) is 3.71. The first-order valence-corrected chi connectivity index (χ1v) is 7.72. The van der Waals surface area contributed by atoms with Crippen LogP contribution in [-0.2, 0) is 14.3 Å². The molecular formula is C15H24N2O3. The molecule has 0 N–H and O–H groups in total. The molecule has 5 nitrogen and oxygen atoms in total. The first-order valence-electron chi connectivity index (χ1n) is 7.72. The van der Waals surface area contributed by atoms with Crippen LogP contribution >= 0.6 is 0 Å². The van der Waals surface area contributed by atoms with E-state index >= 15 is 0 Å². The monoisotopic (exact) mass is 280 g/mol. The Balaban J connectivity index is 1.67. The number of methoxy groups -OCH3 is 1. The summed E-state index contributed by atoms with van der Waals surface area (Å²) in [5.41, 5.74) is 0.266. The molecule has 3 rings (SSSR count). The molecule has 3 fully saturated rings. The van der Waals surface area contributed by atoms with E-state index in [1.54, 1.807) is 12.0 Å². The second kappa shape index (κ2) is 5.35. The Morgan fingerprint density at radius 1 is 1.30 bits per heavy atom. The number of carbonyl (C=O) groups is 2. The standard InChI is InChI=1S/C15H24N2O3/c1-20-10-7-15(5-6-15)11-16-9-4-13(18)17-8-2-3-12(17)14(16)19/h12H,2-11H2,1H3. The van der Waals surface area contributed by atoms with Crippen molar-refractivity contribution in [3.63, 3.8) is 0 Å². The Bertz CT molecular complexity index is 406. The number of nitrogens with zero attached hydrogens (tertiary/aromatic N) is 2. The zero-order valence-corrected chi connectivity index (χ0v) is 12.3. The van der Waals surface area contributed by atoms with Gasteiger partial charge in [-0.05, 0) is 37.5 Å². The van der Waals surface area contributed by atoms with Gasteiger partial charge < -0.3 is 14.5 Å². The number of rotatable bonds is 5. The van der Waals surface area contributed by atoms with Crippen molar-refractivity contribution in [2.45, 2.75) is 44.6 Å². The van der Waals surface area contributed by atoms with Gasteiger partial charge in [0.05, 0.1) is 0 Å². The van der Waals surface area contributed by atoms with Crippen molar-refractivity contribution in [3.8, 4) is 0 Å². The Morgan fingerprint density at radius 2 is 2.10 bits per heavy atom. The number of hydrogen-bond acceptors (Lipinski definition) is 3. The molecule has 1 atom stereocenters. The van der Waals surface area contributed by atoms with E-state index in [1.165, 1.54) is 12.8 Å². The molecule has 0 aromatic rings. The van der Waals surface area contributed by atoms with E-state index in [-0.39, 0.29) is 23.3 Å². The highest BCUT2D eigenvalue weighted by molar-refractivity contribution is 5.90. The predicted molar refractivity (Wildman–Crippen MR) is 74.1 cm³/mol. The largest absolute Gasteiger partial charge is 0.385 e. The van der Waals surface area contributed by atoms with E-state index in [1.807, 2.05) is 4.90 Å². The summed E-state index contributed by atoms with van der Waals surface area (Å²) in [5.74, 6) is 0.335. The average molecular weight is 280 g/mol. The topological polar surface area (TPSA) is 49.9 Å². The Hall–Kier alpha value is -1.10. The molecule has 112 valence electrons. The second-order valence-corrected chi connectivity index (χ2v) is 6.50. The van der Waals surface area contributed by atoms with Gasteiger partial charge in [-0.25, -0.2) is 0 Å². The maximum absolute atomic E-state index is 12.7. The Morgan fingerprint density at radius 3 is 2.80 bits per heavy atom. The molecule has 2 heterocycles. The molecule has 2 aliphatic heterocycles. The Labute approximate surface area is 120 Å². The lowest BCUT2D eigenvalue weighted by Gasteiger charge is -2.28. The fraction of sp³-hybridized carbons (Fsp3) is 0.867. The minimum absolute atomic E-state index is 0.157. The second-order valence-electron chi connectivity index (χ2n) is 6.50. The van der Waals surface area contributed by atoms with Gasteiger partial charge in [0.2, 0.25) is 11.8 Å². The molecule has 0 aromatic heterocycles. The number of amides is 2. The van der Waals surface area contributed by atoms with Crippen molar-refractivity contribution < 1.29 is 14.3 Å². The minimum atomic E-state index is -0.178. The van der Waals surface area contributed by atoms with Gasteiger partial charge in [0.1, 0.15) is 6.04 Å². The van der Waals surface area contributed by atoms with Gasteiger partial charge >= 0.3 is 0 Å². The summed E-state index contributed by atoms with van der Waals surface area (Å²) < 4.78 is 5.18. The lowest BCUT2D eigenvalue weighted by molar-refractivity contribution is -0.139. The van der Waals surface area contributed by atoms with Crippen LogP contribution in [0.15, 0.2) is 0 Å². The molecule has 1 aliphatic carbocycles. The molecule has 2 amide bonds. The molecule has 2 saturated heterocycles. The lowest BCUT2D eigenvalue weighted by Crippen LogP contribution is -2.45. The van der Waals surface area contributed by atoms with Gasteiger partial charge in [0.15, 0.2) is 0 Å². The van der Waals surface area contributed by atoms with Gasteiger partial charge in [0, 0.05) is 39.8 Å². The molecular weight excluding hydrogens is 256 g/mol. The van der Waals surface area contributed by atoms with E-state index in [0.717, 1.165) is 39.0 Å². The van der Waals surface area contributed by atoms with Crippen LogP contribution < -0.4 is 0 Å². The summed E-state index contributed by atoms with van der Waals surface area (Å²) in [5, 5.41) is 0. The number of fused-ring (bicyclic) bond motifs is 1. The lowest BCUT2D eigenvalue weighted by atomic mass is 10.0. The van der Waals surface area contributed by atoms with Gasteiger partial charge in [0.25, 0.3) is 0 Å². The van der Waals surface area contributed by atoms with Crippen molar-refractivity contribution in [1.82, 2.24) is 9.80 Å². The minimum Gasteiger partial charge on any atom is -0.385 e. The molecule has 5 heteroatoms. The third-order valence-electron chi connectivity index (χ3n) is 5.09. The van der Waals surface area contributed by atoms with Crippen molar-refractivity contribution in [1.29, 1.82) is 0 Å². The van der Waals surface area contributed by atoms with Crippen molar-refractivity contribution in [3.05, 3.63) is 0 Å². The van der Waals surface area contributed by atoms with Gasteiger partial charge in [-0.2, -0.15) is 0 Å². The van der Waals surface area contributed by atoms with E-state index in [2.05, 4.69) is 0 Å². The quantitative estimate of drug-likeness (QED) is 0.755. The first kappa shape index (κ1) is 13.9. The zero-order valence-electron chi connectivity index (χ0n) is 12.3. The third kappa shape index (κ3) is 2.55. The summed E-state index contributed by atoms with van der Waals surface area (Å²) in [6.07, 6.45) is 5.68. The van der Waals surface area contributed by atoms with Crippen LogP contribution in [-0.4, -0.2) is 61.0 Å². The normalized spacial score (nSPS) is 28.6. The summed E-state index contributed by atoms with van der Waals surface area (Å²) in [4.78, 5) is 28.5.